The van der Waals surface area contributed by atoms with E-state index in [9.17, 15) is 0 Å². The largest absolute Gasteiger partial charge is 1.00 e. The van der Waals surface area contributed by atoms with Gasteiger partial charge in [0, 0.05) is 0 Å². The van der Waals surface area contributed by atoms with Gasteiger partial charge >= 0.3 is 29.6 Å². The molecule has 8 heavy (non-hydrogen) atoms. The molecule has 0 bridgehead atoms. The molecular formula is C6H15NaS+2. The number of hydrogen-bond acceptors (Lipinski definition) is 0. The molecule has 0 atom stereocenters. The predicted octanol–water partition coefficient (Wildman–Crippen LogP) is -1.33. The molecule has 0 aliphatic heterocycles. The molecule has 0 aromatic rings. The fourth-order valence-corrected chi connectivity index (χ4v) is 1.84. The topological polar surface area (TPSA) is 0 Å². The first-order valence-electron chi connectivity index (χ1n) is 2.99. The Hall–Kier alpha value is 1.35. The minimum atomic E-state index is 0. The second-order valence-electron chi connectivity index (χ2n) is 1.48. The van der Waals surface area contributed by atoms with Crippen molar-refractivity contribution in [2.24, 2.45) is 0 Å². The quantitative estimate of drug-likeness (QED) is 0.338. The van der Waals surface area contributed by atoms with Gasteiger partial charge in [-0.1, -0.05) is 0 Å². The molecule has 0 aliphatic rings. The molecule has 0 fully saturated rings. The molecule has 0 N–H and O–H groups in total. The molecule has 0 rings (SSSR count). The van der Waals surface area contributed by atoms with E-state index in [4.69, 9.17) is 0 Å². The zero-order valence-electron chi connectivity index (χ0n) is 6.53. The van der Waals surface area contributed by atoms with Gasteiger partial charge < -0.3 is 0 Å². The van der Waals surface area contributed by atoms with E-state index in [2.05, 4.69) is 20.8 Å². The zero-order chi connectivity index (χ0) is 5.70. The maximum atomic E-state index is 2.27. The summed E-state index contributed by atoms with van der Waals surface area (Å²) in [5, 5.41) is 0. The van der Waals surface area contributed by atoms with Gasteiger partial charge in [-0.2, -0.15) is 0 Å². The predicted molar refractivity (Wildman–Crippen MR) is 39.0 cm³/mol. The van der Waals surface area contributed by atoms with E-state index >= 15 is 0 Å². The van der Waals surface area contributed by atoms with Crippen molar-refractivity contribution in [2.75, 3.05) is 17.3 Å². The van der Waals surface area contributed by atoms with Crippen LogP contribution in [0.1, 0.15) is 20.8 Å². The number of rotatable bonds is 3. The van der Waals surface area contributed by atoms with Crippen molar-refractivity contribution in [3.8, 4) is 0 Å². The molecule has 0 aromatic carbocycles. The van der Waals surface area contributed by atoms with Crippen LogP contribution in [0.2, 0.25) is 0 Å². The van der Waals surface area contributed by atoms with Gasteiger partial charge in [0.15, 0.2) is 0 Å². The SMILES string of the molecule is CC[S+](CC)CC.[Na+]. The van der Waals surface area contributed by atoms with Crippen LogP contribution in [0.3, 0.4) is 0 Å². The summed E-state index contributed by atoms with van der Waals surface area (Å²) in [5.74, 6) is 4.15. The van der Waals surface area contributed by atoms with E-state index in [1.807, 2.05) is 0 Å². The third-order valence-corrected chi connectivity index (χ3v) is 3.67. The average Bonchev–Trinajstić information content (AvgIpc) is 1.72. The molecule has 0 heterocycles. The summed E-state index contributed by atoms with van der Waals surface area (Å²) in [5.41, 5.74) is 0. The van der Waals surface area contributed by atoms with Crippen LogP contribution in [0.4, 0.5) is 0 Å². The van der Waals surface area contributed by atoms with Gasteiger partial charge in [-0.05, 0) is 31.7 Å². The Morgan fingerprint density at radius 1 is 0.875 bits per heavy atom. The number of hydrogen-bond donors (Lipinski definition) is 0. The summed E-state index contributed by atoms with van der Waals surface area (Å²) < 4.78 is 0. The molecule has 0 nitrogen and oxygen atoms in total. The summed E-state index contributed by atoms with van der Waals surface area (Å²) in [6.45, 7) is 6.82. The van der Waals surface area contributed by atoms with Gasteiger partial charge in [0.1, 0.15) is 17.3 Å². The fraction of sp³-hybridized carbons (Fsp3) is 1.00. The van der Waals surface area contributed by atoms with Gasteiger partial charge in [0.25, 0.3) is 0 Å². The van der Waals surface area contributed by atoms with Crippen LogP contribution in [0.25, 0.3) is 0 Å². The standard InChI is InChI=1S/C6H15S.Na/c1-4-7(5-2)6-3;/h4-6H2,1-3H3;/q2*+1. The van der Waals surface area contributed by atoms with Crippen molar-refractivity contribution in [3.63, 3.8) is 0 Å². The van der Waals surface area contributed by atoms with Crippen LogP contribution in [-0.2, 0) is 10.9 Å². The van der Waals surface area contributed by atoms with Gasteiger partial charge in [-0.3, -0.25) is 0 Å². The third-order valence-electron chi connectivity index (χ3n) is 1.22. The minimum Gasteiger partial charge on any atom is -0.0198 e. The van der Waals surface area contributed by atoms with E-state index in [1.54, 1.807) is 0 Å². The normalized spacial score (nSPS) is 9.00. The molecule has 0 aliphatic carbocycles. The van der Waals surface area contributed by atoms with Crippen LogP contribution >= 0.6 is 0 Å². The molecule has 0 amide bonds. The second-order valence-corrected chi connectivity index (χ2v) is 4.44. The monoisotopic (exact) mass is 142 g/mol. The molecule has 2 heteroatoms. The van der Waals surface area contributed by atoms with Crippen LogP contribution in [0.5, 0.6) is 0 Å². The van der Waals surface area contributed by atoms with E-state index in [0.29, 0.717) is 0 Å². The van der Waals surface area contributed by atoms with E-state index < -0.39 is 0 Å². The summed E-state index contributed by atoms with van der Waals surface area (Å²) in [6, 6.07) is 0. The Bertz CT molecular complexity index is 30.0. The Balaban J connectivity index is 0. The Labute approximate surface area is 78.1 Å². The first kappa shape index (κ1) is 12.1. The van der Waals surface area contributed by atoms with Crippen molar-refractivity contribution in [3.05, 3.63) is 0 Å². The van der Waals surface area contributed by atoms with Crippen molar-refractivity contribution in [1.29, 1.82) is 0 Å². The van der Waals surface area contributed by atoms with Gasteiger partial charge in [-0.15, -0.1) is 0 Å². The summed E-state index contributed by atoms with van der Waals surface area (Å²) in [7, 11) is 0.755. The minimum absolute atomic E-state index is 0. The molecule has 0 unspecified atom stereocenters. The molecule has 0 spiro atoms. The fourth-order valence-electron chi connectivity index (χ4n) is 0.612. The van der Waals surface area contributed by atoms with E-state index in [-0.39, 0.29) is 29.6 Å². The van der Waals surface area contributed by atoms with Crippen molar-refractivity contribution >= 4 is 10.9 Å². The summed E-state index contributed by atoms with van der Waals surface area (Å²) in [4.78, 5) is 0. The summed E-state index contributed by atoms with van der Waals surface area (Å²) >= 11 is 0. The Morgan fingerprint density at radius 2 is 1.12 bits per heavy atom. The third kappa shape index (κ3) is 5.49. The first-order valence-corrected chi connectivity index (χ1v) is 4.72. The van der Waals surface area contributed by atoms with E-state index in [1.165, 1.54) is 17.3 Å². The Kier molecular flexibility index (Phi) is 12.6. The molecule has 0 saturated heterocycles. The molecule has 0 saturated carbocycles. The smallest absolute Gasteiger partial charge is 0.0198 e. The molecule has 44 valence electrons. The molecular weight excluding hydrogens is 127 g/mol. The molecule has 0 aromatic heterocycles. The van der Waals surface area contributed by atoms with Crippen molar-refractivity contribution in [1.82, 2.24) is 0 Å². The summed E-state index contributed by atoms with van der Waals surface area (Å²) in [6.07, 6.45) is 0. The van der Waals surface area contributed by atoms with Gasteiger partial charge in [0.2, 0.25) is 0 Å². The van der Waals surface area contributed by atoms with Gasteiger partial charge in [-0.25, -0.2) is 0 Å². The van der Waals surface area contributed by atoms with Crippen LogP contribution in [-0.4, -0.2) is 17.3 Å². The van der Waals surface area contributed by atoms with Crippen LogP contribution in [0.15, 0.2) is 0 Å². The van der Waals surface area contributed by atoms with Crippen molar-refractivity contribution in [2.45, 2.75) is 20.8 Å². The van der Waals surface area contributed by atoms with E-state index in [0.717, 1.165) is 10.9 Å². The second kappa shape index (κ2) is 8.35. The van der Waals surface area contributed by atoms with Crippen LogP contribution in [0, 0.1) is 0 Å². The molecule has 0 radical (unpaired) electrons. The zero-order valence-corrected chi connectivity index (χ0v) is 9.35. The Morgan fingerprint density at radius 3 is 1.12 bits per heavy atom. The van der Waals surface area contributed by atoms with Crippen LogP contribution < -0.4 is 29.6 Å². The van der Waals surface area contributed by atoms with Gasteiger partial charge in [0.05, 0.1) is 0 Å². The first-order chi connectivity index (χ1) is 3.35. The van der Waals surface area contributed by atoms with Crippen molar-refractivity contribution < 1.29 is 29.6 Å². The maximum absolute atomic E-state index is 2.27. The maximum Gasteiger partial charge on any atom is 1.00 e. The average molecular weight is 142 g/mol.